The van der Waals surface area contributed by atoms with Crippen LogP contribution in [0.5, 0.6) is 0 Å². The molecule has 0 saturated heterocycles. The monoisotopic (exact) mass is 235 g/mol. The molecular weight excluding hydrogens is 210 g/mol. The van der Waals surface area contributed by atoms with Crippen molar-refractivity contribution in [2.75, 3.05) is 25.0 Å². The van der Waals surface area contributed by atoms with Crippen molar-refractivity contribution in [2.24, 2.45) is 5.92 Å². The number of hydrogen-bond donors (Lipinski definition) is 1. The molecule has 0 aliphatic carbocycles. The van der Waals surface area contributed by atoms with Gasteiger partial charge in [-0.25, -0.2) is 4.98 Å². The predicted octanol–water partition coefficient (Wildman–Crippen LogP) is 2.84. The minimum absolute atomic E-state index is 0.346. The third kappa shape index (κ3) is 4.00. The van der Waals surface area contributed by atoms with Crippen molar-refractivity contribution in [1.29, 1.82) is 0 Å². The van der Waals surface area contributed by atoms with E-state index < -0.39 is 0 Å². The van der Waals surface area contributed by atoms with Gasteiger partial charge in [0.25, 0.3) is 0 Å². The molecule has 0 aromatic carbocycles. The van der Waals surface area contributed by atoms with Crippen LogP contribution in [0.25, 0.3) is 0 Å². The third-order valence-electron chi connectivity index (χ3n) is 2.79. The maximum absolute atomic E-state index is 4.52. The van der Waals surface area contributed by atoms with Gasteiger partial charge in [-0.3, -0.25) is 0 Å². The molecule has 1 rings (SSSR count). The molecule has 17 heavy (non-hydrogen) atoms. The Labute approximate surface area is 105 Å². The first-order valence-corrected chi connectivity index (χ1v) is 6.45. The van der Waals surface area contributed by atoms with Crippen molar-refractivity contribution in [3.63, 3.8) is 0 Å². The van der Waals surface area contributed by atoms with Crippen molar-refractivity contribution >= 4 is 5.82 Å². The zero-order valence-electron chi connectivity index (χ0n) is 11.7. The highest BCUT2D eigenvalue weighted by Gasteiger charge is 2.14. The molecule has 0 spiro atoms. The first-order valence-electron chi connectivity index (χ1n) is 6.45. The fraction of sp³-hybridized carbons (Fsp3) is 0.643. The molecule has 0 amide bonds. The zero-order valence-corrected chi connectivity index (χ0v) is 11.7. The van der Waals surface area contributed by atoms with Crippen LogP contribution in [-0.4, -0.2) is 25.1 Å². The minimum atomic E-state index is 0.346. The van der Waals surface area contributed by atoms with Crippen LogP contribution < -0.4 is 10.2 Å². The van der Waals surface area contributed by atoms with Crippen molar-refractivity contribution in [3.05, 3.63) is 23.9 Å². The molecule has 0 aliphatic heterocycles. The van der Waals surface area contributed by atoms with E-state index in [1.54, 1.807) is 0 Å². The van der Waals surface area contributed by atoms with Gasteiger partial charge in [0.15, 0.2) is 0 Å². The van der Waals surface area contributed by atoms with Crippen molar-refractivity contribution in [1.82, 2.24) is 10.3 Å². The molecule has 0 aliphatic rings. The number of hydrogen-bond acceptors (Lipinski definition) is 3. The molecule has 1 aromatic heterocycles. The molecule has 3 heteroatoms. The van der Waals surface area contributed by atoms with Gasteiger partial charge in [0.2, 0.25) is 0 Å². The van der Waals surface area contributed by atoms with Gasteiger partial charge < -0.3 is 10.2 Å². The molecule has 0 fully saturated rings. The first-order chi connectivity index (χ1) is 8.06. The summed E-state index contributed by atoms with van der Waals surface area (Å²) in [6.45, 7) is 10.8. The maximum atomic E-state index is 4.52. The summed E-state index contributed by atoms with van der Waals surface area (Å²) in [5, 5.41) is 3.44. The second-order valence-electron chi connectivity index (χ2n) is 4.97. The van der Waals surface area contributed by atoms with Crippen LogP contribution in [0.4, 0.5) is 5.82 Å². The van der Waals surface area contributed by atoms with Crippen LogP contribution in [0.1, 0.15) is 39.3 Å². The van der Waals surface area contributed by atoms with Gasteiger partial charge in [-0.1, -0.05) is 26.8 Å². The lowest BCUT2D eigenvalue weighted by Crippen LogP contribution is -2.27. The maximum Gasteiger partial charge on any atom is 0.133 e. The Kier molecular flexibility index (Phi) is 5.42. The highest BCUT2D eigenvalue weighted by Crippen LogP contribution is 2.23. The molecule has 1 N–H and O–H groups in total. The largest absolute Gasteiger partial charge is 0.359 e. The summed E-state index contributed by atoms with van der Waals surface area (Å²) in [5.41, 5.74) is 1.28. The minimum Gasteiger partial charge on any atom is -0.359 e. The lowest BCUT2D eigenvalue weighted by Gasteiger charge is -2.25. The average molecular weight is 235 g/mol. The number of nitrogens with one attached hydrogen (secondary N) is 1. The lowest BCUT2D eigenvalue weighted by molar-refractivity contribution is 0.587. The molecule has 0 bridgehead atoms. The zero-order chi connectivity index (χ0) is 12.8. The molecule has 1 aromatic rings. The molecular formula is C14H25N3. The standard InChI is InChI=1S/C14H25N3/c1-6-15-12(4)13-8-7-9-16-14(13)17(5)10-11(2)3/h7-9,11-12,15H,6,10H2,1-5H3. The van der Waals surface area contributed by atoms with Gasteiger partial charge in [-0.15, -0.1) is 0 Å². The van der Waals surface area contributed by atoms with E-state index in [0.717, 1.165) is 18.9 Å². The van der Waals surface area contributed by atoms with Gasteiger partial charge in [0.05, 0.1) is 0 Å². The van der Waals surface area contributed by atoms with Crippen LogP contribution in [0, 0.1) is 5.92 Å². The Bertz CT molecular complexity index is 336. The van der Waals surface area contributed by atoms with Crippen molar-refractivity contribution < 1.29 is 0 Å². The van der Waals surface area contributed by atoms with Gasteiger partial charge in [0.1, 0.15) is 5.82 Å². The van der Waals surface area contributed by atoms with Crippen molar-refractivity contribution in [3.8, 4) is 0 Å². The van der Waals surface area contributed by atoms with Gasteiger partial charge in [0, 0.05) is 31.4 Å². The van der Waals surface area contributed by atoms with E-state index in [1.165, 1.54) is 5.56 Å². The summed E-state index contributed by atoms with van der Waals surface area (Å²) in [5.74, 6) is 1.74. The van der Waals surface area contributed by atoms with E-state index in [9.17, 15) is 0 Å². The Balaban J connectivity index is 2.90. The summed E-state index contributed by atoms with van der Waals surface area (Å²) in [4.78, 5) is 6.76. The smallest absolute Gasteiger partial charge is 0.133 e. The first kappa shape index (κ1) is 14.0. The van der Waals surface area contributed by atoms with Gasteiger partial charge in [-0.05, 0) is 25.5 Å². The molecule has 0 radical (unpaired) electrons. The predicted molar refractivity (Wildman–Crippen MR) is 74.4 cm³/mol. The summed E-state index contributed by atoms with van der Waals surface area (Å²) < 4.78 is 0. The van der Waals surface area contributed by atoms with Gasteiger partial charge in [-0.2, -0.15) is 0 Å². The van der Waals surface area contributed by atoms with E-state index >= 15 is 0 Å². The fourth-order valence-corrected chi connectivity index (χ4v) is 2.12. The van der Waals surface area contributed by atoms with Crippen molar-refractivity contribution in [2.45, 2.75) is 33.7 Å². The molecule has 3 nitrogen and oxygen atoms in total. The molecule has 1 atom stereocenters. The second kappa shape index (κ2) is 6.60. The Hall–Kier alpha value is -1.09. The number of pyridine rings is 1. The van der Waals surface area contributed by atoms with Crippen LogP contribution in [0.15, 0.2) is 18.3 Å². The van der Waals surface area contributed by atoms with Crippen LogP contribution in [0.2, 0.25) is 0 Å². The Morgan fingerprint density at radius 1 is 1.35 bits per heavy atom. The molecule has 1 heterocycles. The number of nitrogens with zero attached hydrogens (tertiary/aromatic N) is 2. The third-order valence-corrected chi connectivity index (χ3v) is 2.79. The molecule has 96 valence electrons. The SMILES string of the molecule is CCNC(C)c1cccnc1N(C)CC(C)C. The van der Waals surface area contributed by atoms with E-state index in [1.807, 2.05) is 12.3 Å². The number of aromatic nitrogens is 1. The molecule has 1 unspecified atom stereocenters. The topological polar surface area (TPSA) is 28.2 Å². The summed E-state index contributed by atoms with van der Waals surface area (Å²) in [7, 11) is 2.12. The van der Waals surface area contributed by atoms with Crippen LogP contribution >= 0.6 is 0 Å². The molecule has 0 saturated carbocycles. The van der Waals surface area contributed by atoms with Crippen LogP contribution in [-0.2, 0) is 0 Å². The summed E-state index contributed by atoms with van der Waals surface area (Å²) in [6.07, 6.45) is 1.87. The average Bonchev–Trinajstić information content (AvgIpc) is 2.28. The normalized spacial score (nSPS) is 12.8. The fourth-order valence-electron chi connectivity index (χ4n) is 2.12. The highest BCUT2D eigenvalue weighted by atomic mass is 15.2. The quantitative estimate of drug-likeness (QED) is 0.822. The van der Waals surface area contributed by atoms with E-state index in [0.29, 0.717) is 12.0 Å². The number of rotatable bonds is 6. The summed E-state index contributed by atoms with van der Waals surface area (Å²) in [6, 6.07) is 4.51. The highest BCUT2D eigenvalue weighted by molar-refractivity contribution is 5.47. The van der Waals surface area contributed by atoms with E-state index in [2.05, 4.69) is 56.0 Å². The second-order valence-corrected chi connectivity index (χ2v) is 4.97. The van der Waals surface area contributed by atoms with Crippen LogP contribution in [0.3, 0.4) is 0 Å². The number of anilines is 1. The van der Waals surface area contributed by atoms with Gasteiger partial charge >= 0.3 is 0 Å². The van der Waals surface area contributed by atoms with E-state index in [4.69, 9.17) is 0 Å². The van der Waals surface area contributed by atoms with E-state index in [-0.39, 0.29) is 0 Å². The Morgan fingerprint density at radius 3 is 2.65 bits per heavy atom. The summed E-state index contributed by atoms with van der Waals surface area (Å²) >= 11 is 0. The lowest BCUT2D eigenvalue weighted by atomic mass is 10.1. The Morgan fingerprint density at radius 2 is 2.06 bits per heavy atom.